The minimum absolute atomic E-state index is 0.256. The fourth-order valence-electron chi connectivity index (χ4n) is 0.510. The van der Waals surface area contributed by atoms with Crippen molar-refractivity contribution in [1.29, 1.82) is 0 Å². The average molecular weight is 228 g/mol. The lowest BCUT2D eigenvalue weighted by Gasteiger charge is -2.06. The van der Waals surface area contributed by atoms with Crippen molar-refractivity contribution in [1.82, 2.24) is 0 Å². The molecule has 0 aliphatic heterocycles. The Morgan fingerprint density at radius 1 is 1.64 bits per heavy atom. The Kier molecular flexibility index (Phi) is 14.2. The van der Waals surface area contributed by atoms with Crippen molar-refractivity contribution >= 4 is 17.7 Å². The van der Waals surface area contributed by atoms with Crippen LogP contribution in [0.2, 0.25) is 0 Å². The number of aliphatic hydroxyl groups excluding tert-OH is 1. The highest BCUT2D eigenvalue weighted by Gasteiger charge is 1.99. The van der Waals surface area contributed by atoms with Crippen LogP contribution in [0.4, 0.5) is 4.79 Å². The molecular formula is C8H18ClNO4. The summed E-state index contributed by atoms with van der Waals surface area (Å²) in [5, 5.41) is 16.1. The van der Waals surface area contributed by atoms with Gasteiger partial charge in [-0.25, -0.2) is 4.79 Å². The molecular weight excluding hydrogens is 210 g/mol. The lowest BCUT2D eigenvalue weighted by molar-refractivity contribution is 0.0467. The number of primary amides is 1. The molecule has 6 heteroatoms. The summed E-state index contributed by atoms with van der Waals surface area (Å²) in [5.41, 5.74) is 4.03. The van der Waals surface area contributed by atoms with E-state index in [1.165, 1.54) is 0 Å². The Hall–Kier alpha value is -0.520. The predicted molar refractivity (Wildman–Crippen MR) is 54.7 cm³/mol. The van der Waals surface area contributed by atoms with Gasteiger partial charge in [0.15, 0.2) is 0 Å². The molecule has 1 unspecified atom stereocenters. The molecule has 0 spiro atoms. The molecule has 1 atom stereocenters. The Morgan fingerprint density at radius 3 is 2.50 bits per heavy atom. The number of hydrogen-bond donors (Lipinski definition) is 3. The van der Waals surface area contributed by atoms with E-state index in [1.54, 1.807) is 0 Å². The highest BCUT2D eigenvalue weighted by Crippen LogP contribution is 1.92. The summed E-state index contributed by atoms with van der Waals surface area (Å²) in [6, 6.07) is 0. The minimum Gasteiger partial charge on any atom is -0.465 e. The third-order valence-electron chi connectivity index (χ3n) is 1.13. The molecule has 0 aromatic heterocycles. The van der Waals surface area contributed by atoms with Crippen LogP contribution < -0.4 is 5.73 Å². The summed E-state index contributed by atoms with van der Waals surface area (Å²) >= 11 is 5.33. The Labute approximate surface area is 88.8 Å². The van der Waals surface area contributed by atoms with E-state index in [9.17, 15) is 0 Å². The van der Waals surface area contributed by atoms with E-state index in [0.717, 1.165) is 19.4 Å². The summed E-state index contributed by atoms with van der Waals surface area (Å²) in [6.07, 6.45) is 0.338. The summed E-state index contributed by atoms with van der Waals surface area (Å²) < 4.78 is 5.09. The molecule has 0 aliphatic carbocycles. The van der Waals surface area contributed by atoms with Gasteiger partial charge in [-0.1, -0.05) is 13.3 Å². The van der Waals surface area contributed by atoms with E-state index in [4.69, 9.17) is 31.3 Å². The van der Waals surface area contributed by atoms with Crippen molar-refractivity contribution in [3.8, 4) is 0 Å². The maximum atomic E-state index is 8.90. The number of unbranched alkanes of at least 4 members (excludes halogenated alkanes) is 1. The quantitative estimate of drug-likeness (QED) is 0.467. The summed E-state index contributed by atoms with van der Waals surface area (Å²) in [6.45, 7) is 3.19. The molecule has 0 rings (SSSR count). The number of halogens is 1. The van der Waals surface area contributed by atoms with Crippen LogP contribution in [0.15, 0.2) is 0 Å². The first kappa shape index (κ1) is 15.9. The van der Waals surface area contributed by atoms with Gasteiger partial charge < -0.3 is 20.7 Å². The maximum absolute atomic E-state index is 8.90. The van der Waals surface area contributed by atoms with Gasteiger partial charge in [-0.3, -0.25) is 0 Å². The largest absolute Gasteiger partial charge is 0.465 e. The number of rotatable bonds is 6. The molecule has 14 heavy (non-hydrogen) atoms. The lowest BCUT2D eigenvalue weighted by atomic mass is 10.3. The van der Waals surface area contributed by atoms with E-state index < -0.39 is 12.2 Å². The van der Waals surface area contributed by atoms with Crippen LogP contribution in [-0.4, -0.2) is 41.5 Å². The zero-order valence-electron chi connectivity index (χ0n) is 8.28. The van der Waals surface area contributed by atoms with Gasteiger partial charge in [0, 0.05) is 6.61 Å². The molecule has 0 heterocycles. The molecule has 0 aromatic carbocycles. The summed E-state index contributed by atoms with van der Waals surface area (Å²) in [7, 11) is 0. The molecule has 4 N–H and O–H groups in total. The molecule has 1 amide bonds. The number of aliphatic hydroxyl groups is 1. The predicted octanol–water partition coefficient (Wildman–Crippen LogP) is 1.03. The SMILES string of the molecule is CCCCOCC(O)CCl.NC(=O)O. The van der Waals surface area contributed by atoms with Crippen LogP contribution in [0.25, 0.3) is 0 Å². The Bertz CT molecular complexity index is 131. The van der Waals surface area contributed by atoms with Crippen LogP contribution in [0.5, 0.6) is 0 Å². The molecule has 0 bridgehead atoms. The topological polar surface area (TPSA) is 92.8 Å². The molecule has 0 radical (unpaired) electrons. The monoisotopic (exact) mass is 227 g/mol. The normalized spacial score (nSPS) is 11.4. The Balaban J connectivity index is 0. The molecule has 5 nitrogen and oxygen atoms in total. The van der Waals surface area contributed by atoms with Crippen molar-refractivity contribution < 1.29 is 19.7 Å². The molecule has 0 saturated heterocycles. The van der Waals surface area contributed by atoms with Gasteiger partial charge in [0.25, 0.3) is 0 Å². The van der Waals surface area contributed by atoms with Gasteiger partial charge in [0.05, 0.1) is 18.6 Å². The molecule has 0 fully saturated rings. The standard InChI is InChI=1S/C7H15ClO2.CH3NO2/c1-2-3-4-10-6-7(9)5-8;2-1(3)4/h7,9H,2-6H2,1H3;2H2,(H,3,4). The fraction of sp³-hybridized carbons (Fsp3) is 0.875. The Morgan fingerprint density at radius 2 is 2.14 bits per heavy atom. The molecule has 0 saturated carbocycles. The van der Waals surface area contributed by atoms with Crippen molar-refractivity contribution in [3.63, 3.8) is 0 Å². The number of amides is 1. The smallest absolute Gasteiger partial charge is 0.402 e. The number of hydrogen-bond acceptors (Lipinski definition) is 3. The zero-order chi connectivity index (χ0) is 11.4. The first-order chi connectivity index (χ1) is 6.54. The van der Waals surface area contributed by atoms with Crippen molar-refractivity contribution in [3.05, 3.63) is 0 Å². The number of carboxylic acid groups (broad SMARTS) is 1. The van der Waals surface area contributed by atoms with Gasteiger partial charge in [-0.15, -0.1) is 11.6 Å². The van der Waals surface area contributed by atoms with Crippen LogP contribution in [-0.2, 0) is 4.74 Å². The number of carbonyl (C=O) groups is 1. The number of ether oxygens (including phenoxy) is 1. The zero-order valence-corrected chi connectivity index (χ0v) is 9.04. The molecule has 0 aromatic rings. The van der Waals surface area contributed by atoms with Gasteiger partial charge in [-0.05, 0) is 6.42 Å². The van der Waals surface area contributed by atoms with Gasteiger partial charge in [0.1, 0.15) is 0 Å². The first-order valence-electron chi connectivity index (χ1n) is 4.34. The second-order valence-electron chi connectivity index (χ2n) is 2.57. The maximum Gasteiger partial charge on any atom is 0.402 e. The van der Waals surface area contributed by atoms with E-state index in [0.29, 0.717) is 6.61 Å². The third-order valence-corrected chi connectivity index (χ3v) is 1.49. The highest BCUT2D eigenvalue weighted by atomic mass is 35.5. The van der Waals surface area contributed by atoms with Gasteiger partial charge in [-0.2, -0.15) is 0 Å². The van der Waals surface area contributed by atoms with Gasteiger partial charge >= 0.3 is 6.09 Å². The highest BCUT2D eigenvalue weighted by molar-refractivity contribution is 6.18. The van der Waals surface area contributed by atoms with Crippen LogP contribution in [0, 0.1) is 0 Å². The lowest BCUT2D eigenvalue weighted by Crippen LogP contribution is -2.16. The number of alkyl halides is 1. The van der Waals surface area contributed by atoms with E-state index in [2.05, 4.69) is 12.7 Å². The van der Waals surface area contributed by atoms with Crippen LogP contribution in [0.1, 0.15) is 19.8 Å². The average Bonchev–Trinajstić information content (AvgIpc) is 2.11. The molecule has 0 aliphatic rings. The van der Waals surface area contributed by atoms with Crippen molar-refractivity contribution in [2.24, 2.45) is 5.73 Å². The van der Waals surface area contributed by atoms with Gasteiger partial charge in [0.2, 0.25) is 0 Å². The van der Waals surface area contributed by atoms with Crippen LogP contribution in [0.3, 0.4) is 0 Å². The third kappa shape index (κ3) is 22.5. The molecule has 86 valence electrons. The number of nitrogens with two attached hydrogens (primary N) is 1. The second-order valence-corrected chi connectivity index (χ2v) is 2.88. The van der Waals surface area contributed by atoms with E-state index in [-0.39, 0.29) is 5.88 Å². The van der Waals surface area contributed by atoms with E-state index in [1.807, 2.05) is 0 Å². The fourth-order valence-corrected chi connectivity index (χ4v) is 0.599. The van der Waals surface area contributed by atoms with Crippen molar-refractivity contribution in [2.45, 2.75) is 25.9 Å². The van der Waals surface area contributed by atoms with Crippen LogP contribution >= 0.6 is 11.6 Å². The minimum atomic E-state index is -1.33. The van der Waals surface area contributed by atoms with E-state index >= 15 is 0 Å². The summed E-state index contributed by atoms with van der Waals surface area (Å²) in [5.74, 6) is 0.256. The summed E-state index contributed by atoms with van der Waals surface area (Å²) in [4.78, 5) is 8.78. The second kappa shape index (κ2) is 12.5. The van der Waals surface area contributed by atoms with Crippen molar-refractivity contribution in [2.75, 3.05) is 19.1 Å². The first-order valence-corrected chi connectivity index (χ1v) is 4.88.